The highest BCUT2D eigenvalue weighted by Gasteiger charge is 2.47. The summed E-state index contributed by atoms with van der Waals surface area (Å²) in [4.78, 5) is 22.6. The van der Waals surface area contributed by atoms with E-state index < -0.39 is 0 Å². The van der Waals surface area contributed by atoms with Crippen LogP contribution in [-0.4, -0.2) is 28.6 Å². The summed E-state index contributed by atoms with van der Waals surface area (Å²) in [5.41, 5.74) is 7.45. The molecule has 4 N–H and O–H groups in total. The third-order valence-electron chi connectivity index (χ3n) is 4.79. The van der Waals surface area contributed by atoms with Crippen LogP contribution in [0, 0.1) is 0 Å². The summed E-state index contributed by atoms with van der Waals surface area (Å²) in [5, 5.41) is 6.66. The first-order valence-corrected chi connectivity index (χ1v) is 8.11. The van der Waals surface area contributed by atoms with Gasteiger partial charge in [-0.05, 0) is 31.4 Å². The van der Waals surface area contributed by atoms with Crippen LogP contribution in [0.2, 0.25) is 5.02 Å². The first-order valence-electron chi connectivity index (χ1n) is 7.73. The summed E-state index contributed by atoms with van der Waals surface area (Å²) in [6, 6.07) is 5.26. The first-order chi connectivity index (χ1) is 11.5. The molecule has 1 saturated carbocycles. The monoisotopic (exact) mass is 344 g/mol. The van der Waals surface area contributed by atoms with Gasteiger partial charge < -0.3 is 21.3 Å². The van der Waals surface area contributed by atoms with E-state index >= 15 is 0 Å². The predicted octanol–water partition coefficient (Wildman–Crippen LogP) is 2.52. The fourth-order valence-electron chi connectivity index (χ4n) is 3.30. The molecule has 124 valence electrons. The summed E-state index contributed by atoms with van der Waals surface area (Å²) in [7, 11) is 1.99. The van der Waals surface area contributed by atoms with E-state index in [0.29, 0.717) is 22.2 Å². The van der Waals surface area contributed by atoms with Crippen molar-refractivity contribution in [3.8, 4) is 0 Å². The van der Waals surface area contributed by atoms with Gasteiger partial charge in [-0.3, -0.25) is 4.79 Å². The molecule has 1 aromatic carbocycles. The van der Waals surface area contributed by atoms with Gasteiger partial charge in [-0.15, -0.1) is 0 Å². The maximum absolute atomic E-state index is 12.5. The number of rotatable bonds is 2. The van der Waals surface area contributed by atoms with E-state index in [0.717, 1.165) is 30.6 Å². The van der Waals surface area contributed by atoms with Crippen molar-refractivity contribution in [3.05, 3.63) is 35.1 Å². The van der Waals surface area contributed by atoms with Crippen LogP contribution in [0.5, 0.6) is 0 Å². The summed E-state index contributed by atoms with van der Waals surface area (Å²) >= 11 is 6.37. The van der Waals surface area contributed by atoms with Gasteiger partial charge in [0.15, 0.2) is 0 Å². The number of fused-ring (bicyclic) bond motifs is 1. The topological polar surface area (TPSA) is 96.2 Å². The molecule has 2 aliphatic rings. The van der Waals surface area contributed by atoms with E-state index in [1.165, 1.54) is 6.33 Å². The van der Waals surface area contributed by atoms with Crippen LogP contribution in [0.15, 0.2) is 24.5 Å². The van der Waals surface area contributed by atoms with Crippen molar-refractivity contribution in [1.82, 2.24) is 15.3 Å². The number of nitrogens with two attached hydrogens (primary N) is 1. The Hall–Kier alpha value is -2.54. The van der Waals surface area contributed by atoms with E-state index in [9.17, 15) is 4.79 Å². The summed E-state index contributed by atoms with van der Waals surface area (Å²) in [5.74, 6) is 0.826. The van der Waals surface area contributed by atoms with Gasteiger partial charge in [-0.1, -0.05) is 11.6 Å². The Morgan fingerprint density at radius 2 is 2.12 bits per heavy atom. The zero-order valence-electron chi connectivity index (χ0n) is 13.1. The van der Waals surface area contributed by atoms with E-state index in [1.54, 1.807) is 12.1 Å². The SMILES string of the molecule is CN1c2cc(Nc3cc(N)ncn3)cc(Cl)c2C(=O)NC12CCC2. The highest BCUT2D eigenvalue weighted by Crippen LogP contribution is 2.44. The van der Waals surface area contributed by atoms with Crippen molar-refractivity contribution in [2.45, 2.75) is 24.9 Å². The van der Waals surface area contributed by atoms with Crippen molar-refractivity contribution in [2.75, 3.05) is 23.0 Å². The zero-order chi connectivity index (χ0) is 16.9. The van der Waals surface area contributed by atoms with Gasteiger partial charge in [0.05, 0.1) is 16.3 Å². The van der Waals surface area contributed by atoms with E-state index in [-0.39, 0.29) is 11.6 Å². The number of anilines is 4. The lowest BCUT2D eigenvalue weighted by atomic mass is 9.81. The van der Waals surface area contributed by atoms with Crippen LogP contribution in [0.4, 0.5) is 23.0 Å². The van der Waals surface area contributed by atoms with Crippen LogP contribution in [0.1, 0.15) is 29.6 Å². The lowest BCUT2D eigenvalue weighted by Crippen LogP contribution is -2.66. The van der Waals surface area contributed by atoms with Crippen LogP contribution in [0.25, 0.3) is 0 Å². The molecule has 2 aromatic rings. The first kappa shape index (κ1) is 15.0. The van der Waals surface area contributed by atoms with Crippen LogP contribution < -0.4 is 21.3 Å². The normalized spacial score (nSPS) is 17.9. The predicted molar refractivity (Wildman–Crippen MR) is 93.6 cm³/mol. The van der Waals surface area contributed by atoms with E-state index in [4.69, 9.17) is 17.3 Å². The molecular formula is C16H17ClN6O. The van der Waals surface area contributed by atoms with Gasteiger partial charge in [0.25, 0.3) is 5.91 Å². The van der Waals surface area contributed by atoms with Gasteiger partial charge in [-0.25, -0.2) is 9.97 Å². The second kappa shape index (κ2) is 5.24. The van der Waals surface area contributed by atoms with Crippen molar-refractivity contribution < 1.29 is 4.79 Å². The highest BCUT2D eigenvalue weighted by molar-refractivity contribution is 6.35. The van der Waals surface area contributed by atoms with Crippen LogP contribution >= 0.6 is 11.6 Å². The summed E-state index contributed by atoms with van der Waals surface area (Å²) in [6.45, 7) is 0. The third kappa shape index (κ3) is 2.24. The number of aromatic nitrogens is 2. The number of amides is 1. The molecule has 1 amide bonds. The van der Waals surface area contributed by atoms with Crippen molar-refractivity contribution in [1.29, 1.82) is 0 Å². The molecular weight excluding hydrogens is 328 g/mol. The third-order valence-corrected chi connectivity index (χ3v) is 5.09. The minimum absolute atomic E-state index is 0.120. The number of hydrogen-bond donors (Lipinski definition) is 3. The minimum atomic E-state index is -0.286. The number of nitrogens with one attached hydrogen (secondary N) is 2. The molecule has 24 heavy (non-hydrogen) atoms. The van der Waals surface area contributed by atoms with E-state index in [1.807, 2.05) is 13.1 Å². The Balaban J connectivity index is 1.74. The Labute approximate surface area is 144 Å². The molecule has 0 unspecified atom stereocenters. The number of halogens is 1. The van der Waals surface area contributed by atoms with Crippen LogP contribution in [-0.2, 0) is 0 Å². The van der Waals surface area contributed by atoms with Gasteiger partial charge >= 0.3 is 0 Å². The molecule has 7 nitrogen and oxygen atoms in total. The van der Waals surface area contributed by atoms with Crippen molar-refractivity contribution in [2.24, 2.45) is 0 Å². The molecule has 1 fully saturated rings. The Morgan fingerprint density at radius 1 is 1.33 bits per heavy atom. The maximum atomic E-state index is 12.5. The Kier molecular flexibility index (Phi) is 3.28. The second-order valence-corrected chi connectivity index (χ2v) is 6.61. The number of carbonyl (C=O) groups excluding carboxylic acids is 1. The highest BCUT2D eigenvalue weighted by atomic mass is 35.5. The molecule has 1 aliphatic heterocycles. The molecule has 1 aromatic heterocycles. The Bertz CT molecular complexity index is 835. The number of carbonyl (C=O) groups is 1. The molecule has 0 bridgehead atoms. The Morgan fingerprint density at radius 3 is 2.79 bits per heavy atom. The second-order valence-electron chi connectivity index (χ2n) is 6.20. The molecule has 2 heterocycles. The largest absolute Gasteiger partial charge is 0.384 e. The molecule has 0 radical (unpaired) electrons. The maximum Gasteiger partial charge on any atom is 0.256 e. The fourth-order valence-corrected chi connectivity index (χ4v) is 3.60. The number of nitrogens with zero attached hydrogens (tertiary/aromatic N) is 3. The fraction of sp³-hybridized carbons (Fsp3) is 0.312. The molecule has 0 atom stereocenters. The van der Waals surface area contributed by atoms with E-state index in [2.05, 4.69) is 25.5 Å². The lowest BCUT2D eigenvalue weighted by molar-refractivity contribution is 0.0803. The average molecular weight is 345 g/mol. The summed E-state index contributed by atoms with van der Waals surface area (Å²) in [6.07, 6.45) is 4.37. The molecule has 1 spiro atoms. The average Bonchev–Trinajstić information content (AvgIpc) is 2.48. The van der Waals surface area contributed by atoms with Gasteiger partial charge in [-0.2, -0.15) is 0 Å². The van der Waals surface area contributed by atoms with Crippen molar-refractivity contribution in [3.63, 3.8) is 0 Å². The zero-order valence-corrected chi connectivity index (χ0v) is 13.9. The van der Waals surface area contributed by atoms with Gasteiger partial charge in [0, 0.05) is 18.8 Å². The smallest absolute Gasteiger partial charge is 0.256 e. The standard InChI is InChI=1S/C16H17ClN6O/c1-23-11-6-9(21-13-7-12(18)19-8-20-13)5-10(17)14(11)15(24)22-16(23)3-2-4-16/h5-8H,2-4H2,1H3,(H,22,24)(H3,18,19,20,21). The number of hydrogen-bond acceptors (Lipinski definition) is 6. The number of benzene rings is 1. The quantitative estimate of drug-likeness (QED) is 0.774. The van der Waals surface area contributed by atoms with Crippen LogP contribution in [0.3, 0.4) is 0 Å². The molecule has 8 heteroatoms. The molecule has 4 rings (SSSR count). The minimum Gasteiger partial charge on any atom is -0.384 e. The molecule has 1 aliphatic carbocycles. The molecule has 0 saturated heterocycles. The van der Waals surface area contributed by atoms with Crippen molar-refractivity contribution >= 4 is 40.5 Å². The lowest BCUT2D eigenvalue weighted by Gasteiger charge is -2.53. The summed E-state index contributed by atoms with van der Waals surface area (Å²) < 4.78 is 0. The van der Waals surface area contributed by atoms with Gasteiger partial charge in [0.2, 0.25) is 0 Å². The number of nitrogen functional groups attached to an aromatic ring is 1. The van der Waals surface area contributed by atoms with Gasteiger partial charge in [0.1, 0.15) is 23.6 Å².